The van der Waals surface area contributed by atoms with Crippen LogP contribution in [0.4, 0.5) is 0 Å². The quantitative estimate of drug-likeness (QED) is 0.616. The van der Waals surface area contributed by atoms with E-state index in [2.05, 4.69) is 39.0 Å². The maximum atomic E-state index is 6.10. The van der Waals surface area contributed by atoms with Gasteiger partial charge >= 0.3 is 0 Å². The molecule has 1 aromatic rings. The average Bonchev–Trinajstić information content (AvgIpc) is 2.58. The summed E-state index contributed by atoms with van der Waals surface area (Å²) in [6.07, 6.45) is 4.42. The fraction of sp³-hybridized carbons (Fsp3) is 0.429. The van der Waals surface area contributed by atoms with Crippen LogP contribution in [0.5, 0.6) is 0 Å². The standard InChI is InChI=1S/C14H17Cl/c1-9-6-11(3)14(7-10(9)2)12-4-5-13(15)8-12/h6-8,13H,4-5H2,1-3H3. The highest BCUT2D eigenvalue weighted by Crippen LogP contribution is 2.33. The lowest BCUT2D eigenvalue weighted by Crippen LogP contribution is -1.91. The van der Waals surface area contributed by atoms with Crippen LogP contribution < -0.4 is 0 Å². The number of aryl methyl sites for hydroxylation is 3. The number of alkyl halides is 1. The van der Waals surface area contributed by atoms with Gasteiger partial charge in [-0.15, -0.1) is 11.6 Å². The highest BCUT2D eigenvalue weighted by molar-refractivity contribution is 6.22. The summed E-state index contributed by atoms with van der Waals surface area (Å²) in [5, 5.41) is 0.237. The second kappa shape index (κ2) is 4.02. The van der Waals surface area contributed by atoms with Crippen LogP contribution in [0.1, 0.15) is 35.1 Å². The topological polar surface area (TPSA) is 0 Å². The SMILES string of the molecule is Cc1cc(C)c(C2=CC(Cl)CC2)cc1C. The first-order valence-corrected chi connectivity index (χ1v) is 5.94. The summed E-state index contributed by atoms with van der Waals surface area (Å²) in [4.78, 5) is 0. The van der Waals surface area contributed by atoms with E-state index in [0.29, 0.717) is 0 Å². The molecule has 0 nitrogen and oxygen atoms in total. The van der Waals surface area contributed by atoms with Gasteiger partial charge in [0.15, 0.2) is 0 Å². The molecule has 1 unspecified atom stereocenters. The van der Waals surface area contributed by atoms with E-state index in [9.17, 15) is 0 Å². The predicted octanol–water partition coefficient (Wildman–Crippen LogP) is 4.40. The van der Waals surface area contributed by atoms with Crippen molar-refractivity contribution in [2.75, 3.05) is 0 Å². The van der Waals surface area contributed by atoms with E-state index >= 15 is 0 Å². The highest BCUT2D eigenvalue weighted by atomic mass is 35.5. The van der Waals surface area contributed by atoms with Crippen molar-refractivity contribution >= 4 is 17.2 Å². The van der Waals surface area contributed by atoms with E-state index in [1.165, 1.54) is 27.8 Å². The Morgan fingerprint density at radius 2 is 1.73 bits per heavy atom. The van der Waals surface area contributed by atoms with Gasteiger partial charge < -0.3 is 0 Å². The second-order valence-corrected chi connectivity index (χ2v) is 5.06. The molecular formula is C14H17Cl. The molecule has 0 N–H and O–H groups in total. The van der Waals surface area contributed by atoms with Gasteiger partial charge in [0.25, 0.3) is 0 Å². The van der Waals surface area contributed by atoms with Crippen molar-refractivity contribution in [3.63, 3.8) is 0 Å². The Hall–Kier alpha value is -0.750. The first-order valence-electron chi connectivity index (χ1n) is 5.51. The molecule has 0 amide bonds. The molecule has 1 aliphatic rings. The van der Waals surface area contributed by atoms with Crippen LogP contribution in [-0.2, 0) is 0 Å². The third-order valence-electron chi connectivity index (χ3n) is 3.26. The van der Waals surface area contributed by atoms with E-state index in [0.717, 1.165) is 12.8 Å². The largest absolute Gasteiger partial charge is 0.118 e. The lowest BCUT2D eigenvalue weighted by Gasteiger charge is -2.10. The van der Waals surface area contributed by atoms with Crippen molar-refractivity contribution in [3.8, 4) is 0 Å². The summed E-state index contributed by atoms with van der Waals surface area (Å²) in [5.41, 5.74) is 6.93. The van der Waals surface area contributed by atoms with Gasteiger partial charge in [-0.1, -0.05) is 18.2 Å². The fourth-order valence-electron chi connectivity index (χ4n) is 2.21. The Kier molecular flexibility index (Phi) is 2.88. The second-order valence-electron chi connectivity index (χ2n) is 4.50. The molecule has 0 fully saturated rings. The molecule has 0 heterocycles. The normalized spacial score (nSPS) is 20.5. The van der Waals surface area contributed by atoms with Crippen molar-refractivity contribution in [2.24, 2.45) is 0 Å². The Morgan fingerprint density at radius 1 is 1.07 bits per heavy atom. The van der Waals surface area contributed by atoms with Crippen LogP contribution in [0.15, 0.2) is 18.2 Å². The smallest absolute Gasteiger partial charge is 0.0525 e. The minimum absolute atomic E-state index is 0.237. The molecule has 0 saturated heterocycles. The first-order chi connectivity index (χ1) is 7.08. The van der Waals surface area contributed by atoms with Crippen LogP contribution >= 0.6 is 11.6 Å². The van der Waals surface area contributed by atoms with Crippen LogP contribution in [0.3, 0.4) is 0 Å². The van der Waals surface area contributed by atoms with Crippen molar-refractivity contribution < 1.29 is 0 Å². The Bertz CT molecular complexity index is 416. The summed E-state index contributed by atoms with van der Waals surface area (Å²) >= 11 is 6.10. The lowest BCUT2D eigenvalue weighted by atomic mass is 9.95. The molecule has 0 bridgehead atoms. The van der Waals surface area contributed by atoms with Crippen molar-refractivity contribution in [2.45, 2.75) is 39.0 Å². The molecular weight excluding hydrogens is 204 g/mol. The molecule has 80 valence electrons. The molecule has 1 heteroatoms. The van der Waals surface area contributed by atoms with Gasteiger partial charge in [0.2, 0.25) is 0 Å². The van der Waals surface area contributed by atoms with Gasteiger partial charge in [-0.3, -0.25) is 0 Å². The summed E-state index contributed by atoms with van der Waals surface area (Å²) in [6.45, 7) is 6.52. The Labute approximate surface area is 97.0 Å². The maximum absolute atomic E-state index is 6.10. The Balaban J connectivity index is 2.45. The lowest BCUT2D eigenvalue weighted by molar-refractivity contribution is 0.941. The third kappa shape index (κ3) is 2.10. The third-order valence-corrected chi connectivity index (χ3v) is 3.60. The number of halogens is 1. The van der Waals surface area contributed by atoms with E-state index in [-0.39, 0.29) is 5.38 Å². The molecule has 0 saturated carbocycles. The zero-order valence-electron chi connectivity index (χ0n) is 9.60. The molecule has 0 aliphatic heterocycles. The van der Waals surface area contributed by atoms with Crippen LogP contribution in [0.25, 0.3) is 5.57 Å². The van der Waals surface area contributed by atoms with Gasteiger partial charge in [-0.2, -0.15) is 0 Å². The first kappa shape index (κ1) is 10.8. The van der Waals surface area contributed by atoms with Gasteiger partial charge in [-0.25, -0.2) is 0 Å². The van der Waals surface area contributed by atoms with E-state index in [1.807, 2.05) is 0 Å². The summed E-state index contributed by atoms with van der Waals surface area (Å²) in [6, 6.07) is 4.57. The highest BCUT2D eigenvalue weighted by Gasteiger charge is 2.16. The average molecular weight is 221 g/mol. The minimum Gasteiger partial charge on any atom is -0.118 e. The molecule has 1 atom stereocenters. The van der Waals surface area contributed by atoms with Crippen molar-refractivity contribution in [1.82, 2.24) is 0 Å². The molecule has 1 aromatic carbocycles. The molecule has 1 aliphatic carbocycles. The molecule has 0 aromatic heterocycles. The minimum atomic E-state index is 0.237. The van der Waals surface area contributed by atoms with E-state index in [1.54, 1.807) is 0 Å². The summed E-state index contributed by atoms with van der Waals surface area (Å²) in [5.74, 6) is 0. The van der Waals surface area contributed by atoms with Gasteiger partial charge in [0, 0.05) is 0 Å². The monoisotopic (exact) mass is 220 g/mol. The Morgan fingerprint density at radius 3 is 2.33 bits per heavy atom. The van der Waals surface area contributed by atoms with Crippen molar-refractivity contribution in [3.05, 3.63) is 40.5 Å². The van der Waals surface area contributed by atoms with E-state index in [4.69, 9.17) is 11.6 Å². The van der Waals surface area contributed by atoms with Crippen LogP contribution in [0.2, 0.25) is 0 Å². The van der Waals surface area contributed by atoms with Crippen molar-refractivity contribution in [1.29, 1.82) is 0 Å². The molecule has 2 rings (SSSR count). The number of rotatable bonds is 1. The summed E-state index contributed by atoms with van der Waals surface area (Å²) < 4.78 is 0. The zero-order chi connectivity index (χ0) is 11.0. The maximum Gasteiger partial charge on any atom is 0.0525 e. The number of allylic oxidation sites excluding steroid dienone is 2. The van der Waals surface area contributed by atoms with E-state index < -0.39 is 0 Å². The zero-order valence-corrected chi connectivity index (χ0v) is 10.4. The van der Waals surface area contributed by atoms with Crippen LogP contribution in [-0.4, -0.2) is 5.38 Å². The van der Waals surface area contributed by atoms with Gasteiger partial charge in [0.1, 0.15) is 0 Å². The van der Waals surface area contributed by atoms with Crippen LogP contribution in [0, 0.1) is 20.8 Å². The van der Waals surface area contributed by atoms with Gasteiger partial charge in [0.05, 0.1) is 5.38 Å². The van der Waals surface area contributed by atoms with Gasteiger partial charge in [-0.05, 0) is 61.4 Å². The molecule has 0 spiro atoms. The molecule has 15 heavy (non-hydrogen) atoms. The predicted molar refractivity (Wildman–Crippen MR) is 67.5 cm³/mol. The summed E-state index contributed by atoms with van der Waals surface area (Å²) in [7, 11) is 0. The molecule has 0 radical (unpaired) electrons. The number of benzene rings is 1. The number of hydrogen-bond donors (Lipinski definition) is 0. The fourth-order valence-corrected chi connectivity index (χ4v) is 2.47. The number of hydrogen-bond acceptors (Lipinski definition) is 0.